The van der Waals surface area contributed by atoms with Crippen molar-refractivity contribution in [3.05, 3.63) is 90.8 Å². The molecule has 0 radical (unpaired) electrons. The van der Waals surface area contributed by atoms with Gasteiger partial charge < -0.3 is 9.47 Å². The van der Waals surface area contributed by atoms with Gasteiger partial charge in [-0.15, -0.1) is 6.58 Å². The van der Waals surface area contributed by atoms with Crippen LogP contribution in [0.3, 0.4) is 0 Å². The number of rotatable bonds is 5. The van der Waals surface area contributed by atoms with Gasteiger partial charge in [-0.1, -0.05) is 54.6 Å². The van der Waals surface area contributed by atoms with E-state index in [1.165, 1.54) is 16.3 Å². The molecule has 2 heterocycles. The van der Waals surface area contributed by atoms with Crippen molar-refractivity contribution in [1.82, 2.24) is 14.5 Å². The van der Waals surface area contributed by atoms with Gasteiger partial charge in [-0.05, 0) is 34.5 Å². The highest BCUT2D eigenvalue weighted by molar-refractivity contribution is 5.83. The first-order valence-corrected chi connectivity index (χ1v) is 10.0. The lowest BCUT2D eigenvalue weighted by atomic mass is 10.1. The first-order chi connectivity index (χ1) is 14.2. The number of carbonyl (C=O) groups is 1. The Morgan fingerprint density at radius 2 is 1.83 bits per heavy atom. The molecule has 0 saturated carbocycles. The van der Waals surface area contributed by atoms with Crippen LogP contribution >= 0.6 is 0 Å². The maximum absolute atomic E-state index is 12.4. The number of carbonyl (C=O) groups excluding carboxylic acids is 1. The third kappa shape index (κ3) is 3.21. The molecule has 144 valence electrons. The average molecular weight is 381 g/mol. The number of likely N-dealkylation sites (tertiary alicyclic amines) is 1. The summed E-state index contributed by atoms with van der Waals surface area (Å²) in [4.78, 5) is 19.2. The van der Waals surface area contributed by atoms with Crippen molar-refractivity contribution < 1.29 is 4.79 Å². The van der Waals surface area contributed by atoms with Crippen LogP contribution in [-0.2, 0) is 11.3 Å². The van der Waals surface area contributed by atoms with E-state index in [-0.39, 0.29) is 11.8 Å². The van der Waals surface area contributed by atoms with E-state index in [4.69, 9.17) is 4.98 Å². The molecule has 1 aliphatic heterocycles. The zero-order chi connectivity index (χ0) is 19.8. The molecular formula is C25H23N3O. The second kappa shape index (κ2) is 7.21. The second-order valence-corrected chi connectivity index (χ2v) is 7.71. The van der Waals surface area contributed by atoms with Crippen LogP contribution in [0.1, 0.15) is 23.7 Å². The predicted octanol–water partition coefficient (Wildman–Crippen LogP) is 4.74. The minimum Gasteiger partial charge on any atom is -0.338 e. The molecule has 1 aliphatic rings. The van der Waals surface area contributed by atoms with Crippen molar-refractivity contribution in [3.8, 4) is 0 Å². The van der Waals surface area contributed by atoms with Gasteiger partial charge in [0.1, 0.15) is 5.82 Å². The first kappa shape index (κ1) is 17.7. The summed E-state index contributed by atoms with van der Waals surface area (Å²) in [5.41, 5.74) is 3.34. The Hall–Kier alpha value is -3.40. The standard InChI is InChI=1S/C25H23N3O/c1-2-13-27-17-21(15-24(27)29)25-26-22-9-5-6-10-23(22)28(25)16-18-11-12-19-7-3-4-8-20(19)14-18/h2-12,14,21H,1,13,15-17H2/t21-/m0/s1. The van der Waals surface area contributed by atoms with E-state index >= 15 is 0 Å². The van der Waals surface area contributed by atoms with Crippen LogP contribution in [0.5, 0.6) is 0 Å². The van der Waals surface area contributed by atoms with Gasteiger partial charge in [-0.2, -0.15) is 0 Å². The molecule has 5 rings (SSSR count). The summed E-state index contributed by atoms with van der Waals surface area (Å²) in [6, 6.07) is 23.3. The minimum absolute atomic E-state index is 0.107. The van der Waals surface area contributed by atoms with E-state index in [1.54, 1.807) is 6.08 Å². The topological polar surface area (TPSA) is 38.1 Å². The number of hydrogen-bond donors (Lipinski definition) is 0. The van der Waals surface area contributed by atoms with Crippen LogP contribution in [0.15, 0.2) is 79.4 Å². The molecule has 1 amide bonds. The maximum atomic E-state index is 12.4. The zero-order valence-corrected chi connectivity index (χ0v) is 16.3. The molecule has 0 N–H and O–H groups in total. The minimum atomic E-state index is 0.107. The fraction of sp³-hybridized carbons (Fsp3) is 0.200. The highest BCUT2D eigenvalue weighted by Gasteiger charge is 2.33. The van der Waals surface area contributed by atoms with Crippen molar-refractivity contribution in [2.24, 2.45) is 0 Å². The van der Waals surface area contributed by atoms with Crippen molar-refractivity contribution >= 4 is 27.7 Å². The second-order valence-electron chi connectivity index (χ2n) is 7.71. The van der Waals surface area contributed by atoms with Crippen molar-refractivity contribution in [2.75, 3.05) is 13.1 Å². The molecule has 1 atom stereocenters. The average Bonchev–Trinajstić information content (AvgIpc) is 3.29. The number of imidazole rings is 1. The van der Waals surface area contributed by atoms with Crippen LogP contribution in [0.25, 0.3) is 21.8 Å². The van der Waals surface area contributed by atoms with Crippen molar-refractivity contribution in [2.45, 2.75) is 18.9 Å². The van der Waals surface area contributed by atoms with Gasteiger partial charge in [-0.25, -0.2) is 4.98 Å². The Labute approximate surface area is 170 Å². The normalized spacial score (nSPS) is 16.8. The van der Waals surface area contributed by atoms with Crippen molar-refractivity contribution in [3.63, 3.8) is 0 Å². The smallest absolute Gasteiger partial charge is 0.223 e. The highest BCUT2D eigenvalue weighted by atomic mass is 16.2. The Balaban J connectivity index is 1.56. The van der Waals surface area contributed by atoms with Crippen LogP contribution in [0.4, 0.5) is 0 Å². The van der Waals surface area contributed by atoms with Gasteiger partial charge in [0, 0.05) is 32.0 Å². The Morgan fingerprint density at radius 1 is 1.03 bits per heavy atom. The Morgan fingerprint density at radius 3 is 2.69 bits per heavy atom. The molecule has 4 aromatic rings. The van der Waals surface area contributed by atoms with E-state index in [0.717, 1.165) is 23.4 Å². The van der Waals surface area contributed by atoms with Gasteiger partial charge in [-0.3, -0.25) is 4.79 Å². The number of para-hydroxylation sites is 2. The molecule has 0 bridgehead atoms. The monoisotopic (exact) mass is 381 g/mol. The molecule has 1 aromatic heterocycles. The molecule has 1 saturated heterocycles. The lowest BCUT2D eigenvalue weighted by Crippen LogP contribution is -2.25. The fourth-order valence-electron chi connectivity index (χ4n) is 4.37. The van der Waals surface area contributed by atoms with Crippen LogP contribution in [0, 0.1) is 0 Å². The Kier molecular flexibility index (Phi) is 4.39. The molecule has 0 aliphatic carbocycles. The summed E-state index contributed by atoms with van der Waals surface area (Å²) in [5.74, 6) is 1.29. The highest BCUT2D eigenvalue weighted by Crippen LogP contribution is 2.31. The molecule has 29 heavy (non-hydrogen) atoms. The van der Waals surface area contributed by atoms with E-state index in [2.05, 4.69) is 65.7 Å². The molecule has 0 unspecified atom stereocenters. The van der Waals surface area contributed by atoms with Gasteiger partial charge in [0.2, 0.25) is 5.91 Å². The SMILES string of the molecule is C=CCN1C[C@@H](c2nc3ccccc3n2Cc2ccc3ccccc3c2)CC1=O. The third-order valence-electron chi connectivity index (χ3n) is 5.77. The summed E-state index contributed by atoms with van der Waals surface area (Å²) in [5, 5.41) is 2.48. The first-order valence-electron chi connectivity index (χ1n) is 10.0. The van der Waals surface area contributed by atoms with E-state index in [0.29, 0.717) is 19.5 Å². The predicted molar refractivity (Wildman–Crippen MR) is 117 cm³/mol. The molecule has 0 spiro atoms. The maximum Gasteiger partial charge on any atom is 0.223 e. The zero-order valence-electron chi connectivity index (χ0n) is 16.3. The molecular weight excluding hydrogens is 358 g/mol. The number of amides is 1. The molecule has 3 aromatic carbocycles. The molecule has 4 heteroatoms. The third-order valence-corrected chi connectivity index (χ3v) is 5.77. The van der Waals surface area contributed by atoms with Gasteiger partial charge in [0.05, 0.1) is 11.0 Å². The molecule has 1 fully saturated rings. The van der Waals surface area contributed by atoms with Crippen LogP contribution in [0.2, 0.25) is 0 Å². The largest absolute Gasteiger partial charge is 0.338 e. The summed E-state index contributed by atoms with van der Waals surface area (Å²) in [6.07, 6.45) is 2.30. The van der Waals surface area contributed by atoms with E-state index in [9.17, 15) is 4.79 Å². The summed E-state index contributed by atoms with van der Waals surface area (Å²) in [7, 11) is 0. The number of aromatic nitrogens is 2. The fourth-order valence-corrected chi connectivity index (χ4v) is 4.37. The van der Waals surface area contributed by atoms with Crippen LogP contribution < -0.4 is 0 Å². The number of nitrogens with zero attached hydrogens (tertiary/aromatic N) is 3. The van der Waals surface area contributed by atoms with Crippen molar-refractivity contribution in [1.29, 1.82) is 0 Å². The molecule has 4 nitrogen and oxygen atoms in total. The quantitative estimate of drug-likeness (QED) is 0.468. The lowest BCUT2D eigenvalue weighted by Gasteiger charge is -2.16. The summed E-state index contributed by atoms with van der Waals surface area (Å²) in [6.45, 7) is 5.82. The number of benzene rings is 3. The van der Waals surface area contributed by atoms with E-state index < -0.39 is 0 Å². The van der Waals surface area contributed by atoms with Gasteiger partial charge in [0.15, 0.2) is 0 Å². The van der Waals surface area contributed by atoms with E-state index in [1.807, 2.05) is 17.0 Å². The van der Waals surface area contributed by atoms with Gasteiger partial charge in [0.25, 0.3) is 0 Å². The lowest BCUT2D eigenvalue weighted by molar-refractivity contribution is -0.127. The summed E-state index contributed by atoms with van der Waals surface area (Å²) >= 11 is 0. The van der Waals surface area contributed by atoms with Crippen LogP contribution in [-0.4, -0.2) is 33.4 Å². The number of hydrogen-bond acceptors (Lipinski definition) is 2. The Bertz CT molecular complexity index is 1220. The van der Waals surface area contributed by atoms with Gasteiger partial charge >= 0.3 is 0 Å². The summed E-state index contributed by atoms with van der Waals surface area (Å²) < 4.78 is 2.29. The number of fused-ring (bicyclic) bond motifs is 2.